The molecule has 2 aromatic carbocycles. The molecule has 0 aromatic heterocycles. The van der Waals surface area contributed by atoms with E-state index in [0.717, 1.165) is 58.1 Å². The molecule has 1 fully saturated rings. The van der Waals surface area contributed by atoms with Crippen LogP contribution in [0.2, 0.25) is 0 Å². The number of nitrogens with one attached hydrogen (secondary N) is 2. The van der Waals surface area contributed by atoms with Crippen LogP contribution in [0.15, 0.2) is 47.5 Å². The molecule has 3 rings (SSSR count). The van der Waals surface area contributed by atoms with Gasteiger partial charge >= 0.3 is 0 Å². The third kappa shape index (κ3) is 7.22. The van der Waals surface area contributed by atoms with E-state index in [2.05, 4.69) is 60.0 Å². The van der Waals surface area contributed by atoms with Gasteiger partial charge in [0.1, 0.15) is 0 Å². The smallest absolute Gasteiger partial charge is 0.191 e. The van der Waals surface area contributed by atoms with Gasteiger partial charge in [0.15, 0.2) is 5.96 Å². The maximum atomic E-state index is 5.71. The number of aliphatic imine (C=N–C) groups is 1. The van der Waals surface area contributed by atoms with Crippen LogP contribution in [0.1, 0.15) is 31.7 Å². The molecule has 1 saturated heterocycles. The lowest BCUT2D eigenvalue weighted by atomic mass is 10.1. The maximum Gasteiger partial charge on any atom is 0.191 e. The van der Waals surface area contributed by atoms with E-state index in [-0.39, 0.29) is 24.0 Å². The summed E-state index contributed by atoms with van der Waals surface area (Å²) < 4.78 is 11.3. The van der Waals surface area contributed by atoms with Crippen LogP contribution in [0.4, 0.5) is 0 Å². The fourth-order valence-corrected chi connectivity index (χ4v) is 3.31. The summed E-state index contributed by atoms with van der Waals surface area (Å²) >= 11 is 0. The summed E-state index contributed by atoms with van der Waals surface area (Å²) in [4.78, 5) is 4.75. The molecule has 1 aliphatic heterocycles. The normalized spacial score (nSPS) is 16.8. The van der Waals surface area contributed by atoms with Crippen molar-refractivity contribution in [3.8, 4) is 0 Å². The molecule has 2 N–H and O–H groups in total. The first-order valence-corrected chi connectivity index (χ1v) is 10.0. The summed E-state index contributed by atoms with van der Waals surface area (Å²) in [7, 11) is 0. The Kier molecular flexibility index (Phi) is 10.6. The van der Waals surface area contributed by atoms with E-state index in [1.54, 1.807) is 0 Å². The quantitative estimate of drug-likeness (QED) is 0.237. The van der Waals surface area contributed by atoms with Crippen molar-refractivity contribution in [3.05, 3.63) is 48.0 Å². The number of benzene rings is 2. The standard InChI is InChI=1S/C22H31N3O2.HI/c1-2-23-22(24-13-7-14-26-17-20-11-6-15-27-20)25-16-19-10-5-9-18-8-3-4-12-21(18)19;/h3-5,8-10,12,20H,2,6-7,11,13-17H2,1H3,(H2,23,24,25);1H. The lowest BCUT2D eigenvalue weighted by Crippen LogP contribution is -2.38. The average molecular weight is 497 g/mol. The summed E-state index contributed by atoms with van der Waals surface area (Å²) in [6, 6.07) is 14.8. The van der Waals surface area contributed by atoms with Crippen molar-refractivity contribution < 1.29 is 9.47 Å². The Morgan fingerprint density at radius 3 is 2.86 bits per heavy atom. The van der Waals surface area contributed by atoms with Crippen molar-refractivity contribution in [1.29, 1.82) is 0 Å². The summed E-state index contributed by atoms with van der Waals surface area (Å²) in [5.41, 5.74) is 1.24. The van der Waals surface area contributed by atoms with E-state index >= 15 is 0 Å². The summed E-state index contributed by atoms with van der Waals surface area (Å²) in [6.07, 6.45) is 3.54. The van der Waals surface area contributed by atoms with Gasteiger partial charge in [-0.25, -0.2) is 4.99 Å². The molecule has 0 saturated carbocycles. The van der Waals surface area contributed by atoms with Crippen LogP contribution in [0.5, 0.6) is 0 Å². The van der Waals surface area contributed by atoms with Gasteiger partial charge in [-0.15, -0.1) is 24.0 Å². The molecular weight excluding hydrogens is 465 g/mol. The van der Waals surface area contributed by atoms with Gasteiger partial charge in [-0.2, -0.15) is 0 Å². The molecule has 1 aliphatic rings. The van der Waals surface area contributed by atoms with Gasteiger partial charge in [-0.3, -0.25) is 0 Å². The molecule has 1 heterocycles. The molecule has 6 heteroatoms. The number of guanidine groups is 1. The first kappa shape index (κ1) is 22.9. The largest absolute Gasteiger partial charge is 0.379 e. The molecule has 0 spiro atoms. The number of nitrogens with zero attached hydrogens (tertiary/aromatic N) is 1. The van der Waals surface area contributed by atoms with Crippen molar-refractivity contribution in [1.82, 2.24) is 10.6 Å². The second kappa shape index (κ2) is 13.0. The van der Waals surface area contributed by atoms with Gasteiger partial charge in [0.2, 0.25) is 0 Å². The fourth-order valence-electron chi connectivity index (χ4n) is 3.31. The summed E-state index contributed by atoms with van der Waals surface area (Å²) in [5, 5.41) is 9.23. The topological polar surface area (TPSA) is 54.9 Å². The molecule has 1 atom stereocenters. The average Bonchev–Trinajstić information content (AvgIpc) is 3.22. The Bertz CT molecular complexity index is 727. The van der Waals surface area contributed by atoms with Gasteiger partial charge in [0.05, 0.1) is 19.3 Å². The van der Waals surface area contributed by atoms with Crippen LogP contribution < -0.4 is 10.6 Å². The van der Waals surface area contributed by atoms with E-state index in [1.165, 1.54) is 16.3 Å². The van der Waals surface area contributed by atoms with E-state index in [1.807, 2.05) is 0 Å². The number of ether oxygens (including phenoxy) is 2. The van der Waals surface area contributed by atoms with Crippen LogP contribution in [0.3, 0.4) is 0 Å². The third-order valence-corrected chi connectivity index (χ3v) is 4.72. The summed E-state index contributed by atoms with van der Waals surface area (Å²) in [5.74, 6) is 0.851. The Hall–Kier alpha value is -1.38. The van der Waals surface area contributed by atoms with Crippen LogP contribution in [-0.4, -0.2) is 45.0 Å². The van der Waals surface area contributed by atoms with E-state index < -0.39 is 0 Å². The van der Waals surface area contributed by atoms with Gasteiger partial charge in [-0.1, -0.05) is 42.5 Å². The zero-order chi connectivity index (χ0) is 18.7. The second-order valence-corrected chi connectivity index (χ2v) is 6.82. The number of halogens is 1. The minimum Gasteiger partial charge on any atom is -0.379 e. The van der Waals surface area contributed by atoms with Crippen molar-refractivity contribution in [3.63, 3.8) is 0 Å². The lowest BCUT2D eigenvalue weighted by molar-refractivity contribution is 0.0168. The number of rotatable bonds is 9. The highest BCUT2D eigenvalue weighted by Crippen LogP contribution is 2.19. The van der Waals surface area contributed by atoms with Crippen LogP contribution in [0.25, 0.3) is 10.8 Å². The van der Waals surface area contributed by atoms with Crippen LogP contribution in [-0.2, 0) is 16.0 Å². The summed E-state index contributed by atoms with van der Waals surface area (Å²) in [6.45, 7) is 6.77. The fraction of sp³-hybridized carbons (Fsp3) is 0.500. The number of hydrogen-bond donors (Lipinski definition) is 2. The predicted molar refractivity (Wildman–Crippen MR) is 127 cm³/mol. The molecule has 0 amide bonds. The molecule has 2 aromatic rings. The SMILES string of the molecule is CCNC(=NCc1cccc2ccccc12)NCCCOCC1CCCO1.I. The molecular formula is C22H32IN3O2. The van der Waals surface area contributed by atoms with E-state index in [9.17, 15) is 0 Å². The highest BCUT2D eigenvalue weighted by Gasteiger charge is 2.14. The van der Waals surface area contributed by atoms with Gasteiger partial charge in [-0.05, 0) is 42.5 Å². The molecule has 1 unspecified atom stereocenters. The van der Waals surface area contributed by atoms with Gasteiger partial charge < -0.3 is 20.1 Å². The van der Waals surface area contributed by atoms with Crippen LogP contribution >= 0.6 is 24.0 Å². The highest BCUT2D eigenvalue weighted by molar-refractivity contribution is 14.0. The zero-order valence-corrected chi connectivity index (χ0v) is 19.0. The molecule has 5 nitrogen and oxygen atoms in total. The lowest BCUT2D eigenvalue weighted by Gasteiger charge is -2.13. The second-order valence-electron chi connectivity index (χ2n) is 6.82. The Balaban J connectivity index is 0.00000280. The predicted octanol–water partition coefficient (Wildman–Crippen LogP) is 4.10. The van der Waals surface area contributed by atoms with Gasteiger partial charge in [0.25, 0.3) is 0 Å². The van der Waals surface area contributed by atoms with Crippen molar-refractivity contribution >= 4 is 40.7 Å². The Labute approximate surface area is 185 Å². The zero-order valence-electron chi connectivity index (χ0n) is 16.7. The van der Waals surface area contributed by atoms with E-state index in [4.69, 9.17) is 14.5 Å². The highest BCUT2D eigenvalue weighted by atomic mass is 127. The van der Waals surface area contributed by atoms with Crippen molar-refractivity contribution in [2.75, 3.05) is 32.9 Å². The molecule has 0 aliphatic carbocycles. The molecule has 154 valence electrons. The Morgan fingerprint density at radius 1 is 1.18 bits per heavy atom. The van der Waals surface area contributed by atoms with Crippen molar-refractivity contribution in [2.45, 2.75) is 38.8 Å². The van der Waals surface area contributed by atoms with Gasteiger partial charge in [0, 0.05) is 26.3 Å². The number of hydrogen-bond acceptors (Lipinski definition) is 3. The molecule has 0 radical (unpaired) electrons. The van der Waals surface area contributed by atoms with E-state index in [0.29, 0.717) is 12.6 Å². The minimum absolute atomic E-state index is 0. The number of fused-ring (bicyclic) bond motifs is 1. The third-order valence-electron chi connectivity index (χ3n) is 4.72. The first-order valence-electron chi connectivity index (χ1n) is 10.0. The minimum atomic E-state index is 0. The molecule has 0 bridgehead atoms. The maximum absolute atomic E-state index is 5.71. The Morgan fingerprint density at radius 2 is 2.04 bits per heavy atom. The monoisotopic (exact) mass is 497 g/mol. The first-order chi connectivity index (χ1) is 13.4. The van der Waals surface area contributed by atoms with Crippen LogP contribution in [0, 0.1) is 0 Å². The molecule has 28 heavy (non-hydrogen) atoms. The van der Waals surface area contributed by atoms with Crippen molar-refractivity contribution in [2.24, 2.45) is 4.99 Å².